The van der Waals surface area contributed by atoms with Crippen LogP contribution < -0.4 is 5.32 Å². The summed E-state index contributed by atoms with van der Waals surface area (Å²) >= 11 is 11.7. The molecule has 1 aromatic carbocycles. The van der Waals surface area contributed by atoms with Crippen molar-refractivity contribution in [3.8, 4) is 0 Å². The van der Waals surface area contributed by atoms with E-state index in [1.165, 1.54) is 15.3 Å². The zero-order chi connectivity index (χ0) is 14.0. The van der Waals surface area contributed by atoms with Crippen molar-refractivity contribution in [1.29, 1.82) is 0 Å². The molecule has 1 heterocycles. The third-order valence-corrected chi connectivity index (χ3v) is 5.07. The quantitative estimate of drug-likeness (QED) is 0.763. The van der Waals surface area contributed by atoms with Gasteiger partial charge in [0, 0.05) is 19.2 Å². The summed E-state index contributed by atoms with van der Waals surface area (Å²) in [5.41, 5.74) is 2.45. The van der Waals surface area contributed by atoms with E-state index in [1.54, 1.807) is 0 Å². The van der Waals surface area contributed by atoms with Gasteiger partial charge in [0.05, 0.1) is 6.04 Å². The van der Waals surface area contributed by atoms with Gasteiger partial charge < -0.3 is 5.32 Å². The molecule has 0 bridgehead atoms. The third-order valence-electron chi connectivity index (χ3n) is 3.02. The minimum atomic E-state index is 0.161. The van der Waals surface area contributed by atoms with E-state index in [2.05, 4.69) is 54.2 Å². The van der Waals surface area contributed by atoms with E-state index in [4.69, 9.17) is 11.6 Å². The standard InChI is InChI=1S/C15H17BrClNS/c1-4-18-14(15-9(2)7-10(3)19-15)12-8-11(16)5-6-13(12)17/h5-8,14,18H,4H2,1-3H3. The Hall–Kier alpha value is -0.350. The Morgan fingerprint density at radius 2 is 2.05 bits per heavy atom. The zero-order valence-electron chi connectivity index (χ0n) is 11.3. The number of benzene rings is 1. The van der Waals surface area contributed by atoms with Gasteiger partial charge in [0.15, 0.2) is 0 Å². The maximum absolute atomic E-state index is 6.38. The number of nitrogens with one attached hydrogen (secondary N) is 1. The van der Waals surface area contributed by atoms with Crippen LogP contribution in [0.5, 0.6) is 0 Å². The van der Waals surface area contributed by atoms with Gasteiger partial charge in [-0.25, -0.2) is 0 Å². The fourth-order valence-electron chi connectivity index (χ4n) is 2.23. The predicted molar refractivity (Wildman–Crippen MR) is 88.5 cm³/mol. The molecule has 19 heavy (non-hydrogen) atoms. The van der Waals surface area contributed by atoms with Gasteiger partial charge in [-0.2, -0.15) is 0 Å². The van der Waals surface area contributed by atoms with Crippen LogP contribution in [-0.4, -0.2) is 6.54 Å². The zero-order valence-corrected chi connectivity index (χ0v) is 14.4. The van der Waals surface area contributed by atoms with Gasteiger partial charge in [0.1, 0.15) is 0 Å². The Balaban J connectivity index is 2.51. The van der Waals surface area contributed by atoms with E-state index in [-0.39, 0.29) is 6.04 Å². The van der Waals surface area contributed by atoms with Crippen LogP contribution >= 0.6 is 38.9 Å². The van der Waals surface area contributed by atoms with Crippen LogP contribution in [0.15, 0.2) is 28.7 Å². The summed E-state index contributed by atoms with van der Waals surface area (Å²) in [7, 11) is 0. The molecule has 1 aromatic heterocycles. The molecule has 2 rings (SSSR count). The number of hydrogen-bond acceptors (Lipinski definition) is 2. The molecule has 0 fully saturated rings. The van der Waals surface area contributed by atoms with Gasteiger partial charge in [0.2, 0.25) is 0 Å². The van der Waals surface area contributed by atoms with E-state index in [1.807, 2.05) is 23.5 Å². The van der Waals surface area contributed by atoms with E-state index >= 15 is 0 Å². The lowest BCUT2D eigenvalue weighted by atomic mass is 10.0. The number of halogens is 2. The largest absolute Gasteiger partial charge is 0.306 e. The van der Waals surface area contributed by atoms with Crippen molar-refractivity contribution in [2.24, 2.45) is 0 Å². The maximum Gasteiger partial charge on any atom is 0.0688 e. The van der Waals surface area contributed by atoms with Gasteiger partial charge in [0.25, 0.3) is 0 Å². The normalized spacial score (nSPS) is 12.7. The Kier molecular flexibility index (Phi) is 5.07. The SMILES string of the molecule is CCNC(c1cc(Br)ccc1Cl)c1sc(C)cc1C. The summed E-state index contributed by atoms with van der Waals surface area (Å²) in [5, 5.41) is 4.35. The first-order valence-corrected chi connectivity index (χ1v) is 8.27. The molecular weight excluding hydrogens is 342 g/mol. The van der Waals surface area contributed by atoms with E-state index in [0.717, 1.165) is 21.6 Å². The topological polar surface area (TPSA) is 12.0 Å². The first-order chi connectivity index (χ1) is 9.02. The van der Waals surface area contributed by atoms with Crippen molar-refractivity contribution in [2.75, 3.05) is 6.54 Å². The highest BCUT2D eigenvalue weighted by atomic mass is 79.9. The predicted octanol–water partition coefficient (Wildman–Crippen LogP) is 5.48. The molecule has 0 amide bonds. The van der Waals surface area contributed by atoms with E-state index in [9.17, 15) is 0 Å². The maximum atomic E-state index is 6.38. The highest BCUT2D eigenvalue weighted by molar-refractivity contribution is 9.10. The summed E-state index contributed by atoms with van der Waals surface area (Å²) in [6.07, 6.45) is 0. The highest BCUT2D eigenvalue weighted by Gasteiger charge is 2.20. The smallest absolute Gasteiger partial charge is 0.0688 e. The summed E-state index contributed by atoms with van der Waals surface area (Å²) in [6, 6.07) is 8.41. The summed E-state index contributed by atoms with van der Waals surface area (Å²) in [5.74, 6) is 0. The Morgan fingerprint density at radius 3 is 2.63 bits per heavy atom. The summed E-state index contributed by atoms with van der Waals surface area (Å²) < 4.78 is 1.06. The van der Waals surface area contributed by atoms with Crippen molar-refractivity contribution in [1.82, 2.24) is 5.32 Å². The molecule has 102 valence electrons. The van der Waals surface area contributed by atoms with Crippen molar-refractivity contribution in [3.63, 3.8) is 0 Å². The van der Waals surface area contributed by atoms with Crippen molar-refractivity contribution >= 4 is 38.9 Å². The second kappa shape index (κ2) is 6.40. The van der Waals surface area contributed by atoms with Crippen molar-refractivity contribution in [2.45, 2.75) is 26.8 Å². The fraction of sp³-hybridized carbons (Fsp3) is 0.333. The molecule has 4 heteroatoms. The lowest BCUT2D eigenvalue weighted by molar-refractivity contribution is 0.637. The number of thiophene rings is 1. The van der Waals surface area contributed by atoms with Crippen LogP contribution in [0.2, 0.25) is 5.02 Å². The minimum absolute atomic E-state index is 0.161. The Bertz CT molecular complexity index is 580. The molecule has 0 aliphatic heterocycles. The molecule has 0 radical (unpaired) electrons. The van der Waals surface area contributed by atoms with Crippen LogP contribution in [0.3, 0.4) is 0 Å². The average Bonchev–Trinajstić information content (AvgIpc) is 2.69. The lowest BCUT2D eigenvalue weighted by Gasteiger charge is -2.20. The molecule has 2 aromatic rings. The highest BCUT2D eigenvalue weighted by Crippen LogP contribution is 2.36. The van der Waals surface area contributed by atoms with Crippen LogP contribution in [-0.2, 0) is 0 Å². The molecule has 1 unspecified atom stereocenters. The summed E-state index contributed by atoms with van der Waals surface area (Å²) in [6.45, 7) is 7.33. The van der Waals surface area contributed by atoms with Crippen LogP contribution in [0.1, 0.15) is 33.8 Å². The lowest BCUT2D eigenvalue weighted by Crippen LogP contribution is -2.22. The van der Waals surface area contributed by atoms with Gasteiger partial charge in [-0.3, -0.25) is 0 Å². The molecule has 0 saturated carbocycles. The Morgan fingerprint density at radius 1 is 1.32 bits per heavy atom. The number of aryl methyl sites for hydroxylation is 2. The van der Waals surface area contributed by atoms with Crippen LogP contribution in [0.25, 0.3) is 0 Å². The van der Waals surface area contributed by atoms with Crippen LogP contribution in [0.4, 0.5) is 0 Å². The number of rotatable bonds is 4. The molecule has 1 nitrogen and oxygen atoms in total. The average molecular weight is 359 g/mol. The van der Waals surface area contributed by atoms with Crippen molar-refractivity contribution in [3.05, 3.63) is 54.6 Å². The Labute approximate surface area is 132 Å². The molecule has 1 N–H and O–H groups in total. The minimum Gasteiger partial charge on any atom is -0.306 e. The number of hydrogen-bond donors (Lipinski definition) is 1. The second-order valence-corrected chi connectivity index (χ2v) is 7.17. The second-order valence-electron chi connectivity index (χ2n) is 4.56. The molecular formula is C15H17BrClNS. The van der Waals surface area contributed by atoms with E-state index in [0.29, 0.717) is 0 Å². The van der Waals surface area contributed by atoms with Gasteiger partial charge in [-0.15, -0.1) is 11.3 Å². The molecule has 0 saturated heterocycles. The molecule has 0 spiro atoms. The first-order valence-electron chi connectivity index (χ1n) is 6.28. The summed E-state index contributed by atoms with van der Waals surface area (Å²) in [4.78, 5) is 2.68. The van der Waals surface area contributed by atoms with Gasteiger partial charge in [-0.05, 0) is 55.8 Å². The fourth-order valence-corrected chi connectivity index (χ4v) is 3.97. The first kappa shape index (κ1) is 15.0. The van der Waals surface area contributed by atoms with Crippen LogP contribution in [0, 0.1) is 13.8 Å². The van der Waals surface area contributed by atoms with Gasteiger partial charge in [-0.1, -0.05) is 34.5 Å². The monoisotopic (exact) mass is 357 g/mol. The molecule has 1 atom stereocenters. The van der Waals surface area contributed by atoms with E-state index < -0.39 is 0 Å². The third kappa shape index (κ3) is 3.40. The molecule has 0 aliphatic rings. The molecule has 0 aliphatic carbocycles. The van der Waals surface area contributed by atoms with Gasteiger partial charge >= 0.3 is 0 Å². The van der Waals surface area contributed by atoms with Crippen molar-refractivity contribution < 1.29 is 0 Å².